The van der Waals surface area contributed by atoms with Gasteiger partial charge < -0.3 is 9.84 Å². The normalized spacial score (nSPS) is 22.1. The molecule has 1 aliphatic carbocycles. The standard InChI is InChI=1S/C12H14ClNO5S/c1-19-11-3-2-9(6-10(11)13)20(17,18)14-8-4-7(5-8)12(15)16/h2-3,6-8,14H,4-5H2,1H3,(H,15,16). The van der Waals surface area contributed by atoms with Crippen molar-refractivity contribution in [2.24, 2.45) is 5.92 Å². The quantitative estimate of drug-likeness (QED) is 0.857. The fraction of sp³-hybridized carbons (Fsp3) is 0.417. The van der Waals surface area contributed by atoms with Crippen LogP contribution in [0.4, 0.5) is 0 Å². The van der Waals surface area contributed by atoms with E-state index >= 15 is 0 Å². The van der Waals surface area contributed by atoms with Gasteiger partial charge in [-0.1, -0.05) is 11.6 Å². The highest BCUT2D eigenvalue weighted by Crippen LogP contribution is 2.30. The van der Waals surface area contributed by atoms with E-state index in [4.69, 9.17) is 21.4 Å². The maximum atomic E-state index is 12.1. The minimum atomic E-state index is -3.70. The van der Waals surface area contributed by atoms with Gasteiger partial charge in [-0.05, 0) is 31.0 Å². The second kappa shape index (κ2) is 5.59. The fourth-order valence-electron chi connectivity index (χ4n) is 2.02. The van der Waals surface area contributed by atoms with E-state index in [-0.39, 0.29) is 16.0 Å². The van der Waals surface area contributed by atoms with Crippen molar-refractivity contribution in [3.63, 3.8) is 0 Å². The Kier molecular flexibility index (Phi) is 4.22. The van der Waals surface area contributed by atoms with Crippen LogP contribution in [0.3, 0.4) is 0 Å². The molecule has 1 aliphatic rings. The van der Waals surface area contributed by atoms with Crippen molar-refractivity contribution < 1.29 is 23.1 Å². The number of hydrogen-bond acceptors (Lipinski definition) is 4. The number of aliphatic carboxylic acids is 1. The SMILES string of the molecule is COc1ccc(S(=O)(=O)NC2CC(C(=O)O)C2)cc1Cl. The van der Waals surface area contributed by atoms with Crippen LogP contribution >= 0.6 is 11.6 Å². The second-order valence-electron chi connectivity index (χ2n) is 4.62. The van der Waals surface area contributed by atoms with Crippen molar-refractivity contribution in [1.82, 2.24) is 4.72 Å². The number of carboxylic acid groups (broad SMARTS) is 1. The number of rotatable bonds is 5. The second-order valence-corrected chi connectivity index (χ2v) is 6.74. The summed E-state index contributed by atoms with van der Waals surface area (Å²) >= 11 is 5.89. The predicted molar refractivity (Wildman–Crippen MR) is 72.5 cm³/mol. The van der Waals surface area contributed by atoms with Crippen molar-refractivity contribution in [2.45, 2.75) is 23.8 Å². The minimum Gasteiger partial charge on any atom is -0.495 e. The average molecular weight is 320 g/mol. The number of methoxy groups -OCH3 is 1. The van der Waals surface area contributed by atoms with Crippen LogP contribution < -0.4 is 9.46 Å². The molecule has 0 aliphatic heterocycles. The molecule has 6 nitrogen and oxygen atoms in total. The fourth-order valence-corrected chi connectivity index (χ4v) is 3.63. The van der Waals surface area contributed by atoms with Crippen molar-refractivity contribution in [2.75, 3.05) is 7.11 Å². The zero-order valence-corrected chi connectivity index (χ0v) is 12.2. The van der Waals surface area contributed by atoms with Gasteiger partial charge in [-0.15, -0.1) is 0 Å². The van der Waals surface area contributed by atoms with Crippen LogP contribution in [0.5, 0.6) is 5.75 Å². The molecule has 110 valence electrons. The summed E-state index contributed by atoms with van der Waals surface area (Å²) < 4.78 is 31.6. The molecule has 1 saturated carbocycles. The first-order valence-electron chi connectivity index (χ1n) is 5.92. The predicted octanol–water partition coefficient (Wildman–Crippen LogP) is 1.49. The summed E-state index contributed by atoms with van der Waals surface area (Å²) in [6.45, 7) is 0. The monoisotopic (exact) mass is 319 g/mol. The third-order valence-corrected chi connectivity index (χ3v) is 5.06. The Morgan fingerprint density at radius 3 is 2.60 bits per heavy atom. The Hall–Kier alpha value is -1.31. The Morgan fingerprint density at radius 1 is 1.45 bits per heavy atom. The van der Waals surface area contributed by atoms with Crippen molar-refractivity contribution in [3.05, 3.63) is 23.2 Å². The van der Waals surface area contributed by atoms with E-state index in [0.717, 1.165) is 0 Å². The molecule has 2 rings (SSSR count). The molecule has 0 radical (unpaired) electrons. The lowest BCUT2D eigenvalue weighted by atomic mass is 9.81. The summed E-state index contributed by atoms with van der Waals surface area (Å²) in [5.41, 5.74) is 0. The van der Waals surface area contributed by atoms with Crippen LogP contribution in [0.15, 0.2) is 23.1 Å². The van der Waals surface area contributed by atoms with Gasteiger partial charge in [0.25, 0.3) is 0 Å². The van der Waals surface area contributed by atoms with Crippen LogP contribution in [0, 0.1) is 5.92 Å². The molecule has 0 spiro atoms. The number of hydrogen-bond donors (Lipinski definition) is 2. The lowest BCUT2D eigenvalue weighted by molar-refractivity contribution is -0.145. The highest BCUT2D eigenvalue weighted by atomic mass is 35.5. The average Bonchev–Trinajstić information content (AvgIpc) is 2.32. The molecule has 0 heterocycles. The van der Waals surface area contributed by atoms with Crippen LogP contribution in [0.25, 0.3) is 0 Å². The molecule has 0 atom stereocenters. The summed E-state index contributed by atoms with van der Waals surface area (Å²) in [7, 11) is -2.26. The zero-order chi connectivity index (χ0) is 14.9. The number of sulfonamides is 1. The molecule has 1 aromatic rings. The van der Waals surface area contributed by atoms with Gasteiger partial charge in [0.2, 0.25) is 10.0 Å². The van der Waals surface area contributed by atoms with E-state index in [1.807, 2.05) is 0 Å². The van der Waals surface area contributed by atoms with E-state index < -0.39 is 21.9 Å². The largest absolute Gasteiger partial charge is 0.495 e. The molecule has 1 fully saturated rings. The highest BCUT2D eigenvalue weighted by molar-refractivity contribution is 7.89. The van der Waals surface area contributed by atoms with Gasteiger partial charge in [0.15, 0.2) is 0 Å². The van der Waals surface area contributed by atoms with Gasteiger partial charge in [0, 0.05) is 6.04 Å². The molecular weight excluding hydrogens is 306 g/mol. The molecule has 1 aromatic carbocycles. The van der Waals surface area contributed by atoms with Gasteiger partial charge >= 0.3 is 5.97 Å². The molecular formula is C12H14ClNO5S. The maximum absolute atomic E-state index is 12.1. The molecule has 0 unspecified atom stereocenters. The van der Waals surface area contributed by atoms with Gasteiger partial charge in [-0.2, -0.15) is 0 Å². The minimum absolute atomic E-state index is 0.0297. The van der Waals surface area contributed by atoms with Crippen LogP contribution in [-0.4, -0.2) is 32.6 Å². The Balaban J connectivity index is 2.08. The highest BCUT2D eigenvalue weighted by Gasteiger charge is 2.37. The maximum Gasteiger partial charge on any atom is 0.306 e. The summed E-state index contributed by atoms with van der Waals surface area (Å²) in [4.78, 5) is 10.7. The molecule has 20 heavy (non-hydrogen) atoms. The summed E-state index contributed by atoms with van der Waals surface area (Å²) in [6.07, 6.45) is 0.608. The number of nitrogens with one attached hydrogen (secondary N) is 1. The first-order valence-corrected chi connectivity index (χ1v) is 7.78. The van der Waals surface area contributed by atoms with E-state index in [1.165, 1.54) is 25.3 Å². The van der Waals surface area contributed by atoms with Crippen molar-refractivity contribution >= 4 is 27.6 Å². The Labute approximate surface area is 121 Å². The van der Waals surface area contributed by atoms with Crippen molar-refractivity contribution in [3.8, 4) is 5.75 Å². The number of carboxylic acids is 1. The third kappa shape index (κ3) is 3.05. The first-order chi connectivity index (χ1) is 9.33. The molecule has 2 N–H and O–H groups in total. The lowest BCUT2D eigenvalue weighted by Gasteiger charge is -2.32. The summed E-state index contributed by atoms with van der Waals surface area (Å²) in [5.74, 6) is -0.977. The Bertz CT molecular complexity index is 625. The number of halogens is 1. The van der Waals surface area contributed by atoms with Crippen molar-refractivity contribution in [1.29, 1.82) is 0 Å². The van der Waals surface area contributed by atoms with Crippen LogP contribution in [0.2, 0.25) is 5.02 Å². The molecule has 0 bridgehead atoms. The number of benzene rings is 1. The summed E-state index contributed by atoms with van der Waals surface area (Å²) in [5, 5.41) is 8.95. The molecule has 0 amide bonds. The van der Waals surface area contributed by atoms with Gasteiger partial charge in [-0.3, -0.25) is 4.79 Å². The van der Waals surface area contributed by atoms with Crippen LogP contribution in [0.1, 0.15) is 12.8 Å². The van der Waals surface area contributed by atoms with E-state index in [9.17, 15) is 13.2 Å². The number of ether oxygens (including phenoxy) is 1. The first kappa shape index (κ1) is 15.1. The topological polar surface area (TPSA) is 92.7 Å². The van der Waals surface area contributed by atoms with Gasteiger partial charge in [-0.25, -0.2) is 13.1 Å². The van der Waals surface area contributed by atoms with Gasteiger partial charge in [0.1, 0.15) is 5.75 Å². The zero-order valence-electron chi connectivity index (χ0n) is 10.7. The third-order valence-electron chi connectivity index (χ3n) is 3.24. The Morgan fingerprint density at radius 2 is 2.10 bits per heavy atom. The number of carbonyl (C=O) groups is 1. The molecule has 0 saturated heterocycles. The molecule has 8 heteroatoms. The van der Waals surface area contributed by atoms with Crippen LogP contribution in [-0.2, 0) is 14.8 Å². The molecule has 0 aromatic heterocycles. The lowest BCUT2D eigenvalue weighted by Crippen LogP contribution is -2.46. The van der Waals surface area contributed by atoms with E-state index in [1.54, 1.807) is 0 Å². The van der Waals surface area contributed by atoms with E-state index in [2.05, 4.69) is 4.72 Å². The van der Waals surface area contributed by atoms with E-state index in [0.29, 0.717) is 18.6 Å². The summed E-state index contributed by atoms with van der Waals surface area (Å²) in [6, 6.07) is 3.82. The van der Waals surface area contributed by atoms with Gasteiger partial charge in [0.05, 0.1) is 22.9 Å². The smallest absolute Gasteiger partial charge is 0.306 e.